The summed E-state index contributed by atoms with van der Waals surface area (Å²) in [6.45, 7) is 5.44. The molecule has 0 radical (unpaired) electrons. The Hall–Kier alpha value is -3.63. The molecule has 196 valence electrons. The number of hydrogen-bond donors (Lipinski definition) is 3. The third kappa shape index (κ3) is 4.48. The highest BCUT2D eigenvalue weighted by atomic mass is 32.2. The van der Waals surface area contributed by atoms with Crippen LogP contribution in [0.5, 0.6) is 0 Å². The first kappa shape index (κ1) is 24.7. The van der Waals surface area contributed by atoms with Crippen LogP contribution in [-0.2, 0) is 9.59 Å². The average molecular weight is 531 g/mol. The number of amides is 4. The molecule has 0 aliphatic carbocycles. The van der Waals surface area contributed by atoms with E-state index in [9.17, 15) is 14.4 Å². The number of thioether (sulfide) groups is 1. The van der Waals surface area contributed by atoms with Crippen molar-refractivity contribution in [2.45, 2.75) is 36.7 Å². The minimum Gasteiger partial charge on any atom is -0.347 e. The maximum absolute atomic E-state index is 13.5. The van der Waals surface area contributed by atoms with E-state index in [1.54, 1.807) is 9.80 Å². The molecule has 3 saturated heterocycles. The molecular formula is C28H30N6O3S. The molecule has 3 fully saturated rings. The Labute approximate surface area is 225 Å². The standard InChI is InChI=1S/C28H30N6O3S/c1-2-22(35)33-15-7-10-18(16-33)30-26(36)25-24-23-20(13-14-29-27(23)38-25)34(28(37)32-24)21-12-6-11-19(31-21)17-8-4-3-5-9-17/h2-6,8-9,11-12,18,20,23,27,29H,1,7,10,13-16H2,(H,30,36)(H,32,37)/t18-,20?,23?,27?/m1/s1. The lowest BCUT2D eigenvalue weighted by molar-refractivity contribution is -0.128. The number of piperidine rings is 2. The molecule has 3 N–H and O–H groups in total. The largest absolute Gasteiger partial charge is 0.347 e. The van der Waals surface area contributed by atoms with E-state index in [1.165, 1.54) is 17.8 Å². The van der Waals surface area contributed by atoms with Gasteiger partial charge in [-0.1, -0.05) is 54.7 Å². The predicted octanol–water partition coefficient (Wildman–Crippen LogP) is 2.83. The fourth-order valence-electron chi connectivity index (χ4n) is 5.89. The minimum atomic E-state index is -0.271. The van der Waals surface area contributed by atoms with Crippen LogP contribution in [0.15, 0.2) is 71.8 Å². The monoisotopic (exact) mass is 530 g/mol. The lowest BCUT2D eigenvalue weighted by Crippen LogP contribution is -2.62. The Balaban J connectivity index is 1.25. The minimum absolute atomic E-state index is 0.0184. The highest BCUT2D eigenvalue weighted by molar-refractivity contribution is 8.04. The molecule has 5 heterocycles. The highest BCUT2D eigenvalue weighted by Gasteiger charge is 2.52. The molecule has 0 bridgehead atoms. The summed E-state index contributed by atoms with van der Waals surface area (Å²) in [5.41, 5.74) is 2.48. The van der Waals surface area contributed by atoms with E-state index < -0.39 is 0 Å². The summed E-state index contributed by atoms with van der Waals surface area (Å²) in [4.78, 5) is 47.9. The number of hydrogen-bond acceptors (Lipinski definition) is 6. The number of nitrogens with zero attached hydrogens (tertiary/aromatic N) is 3. The number of carbonyl (C=O) groups is 3. The van der Waals surface area contributed by atoms with E-state index in [4.69, 9.17) is 4.98 Å². The van der Waals surface area contributed by atoms with Crippen molar-refractivity contribution in [3.05, 3.63) is 71.8 Å². The summed E-state index contributed by atoms with van der Waals surface area (Å²) in [6, 6.07) is 15.1. The molecule has 4 amide bonds. The fourth-order valence-corrected chi connectivity index (χ4v) is 7.29. The molecule has 0 saturated carbocycles. The van der Waals surface area contributed by atoms with Crippen LogP contribution in [0.3, 0.4) is 0 Å². The first-order valence-corrected chi connectivity index (χ1v) is 13.9. The maximum Gasteiger partial charge on any atom is 0.327 e. The molecular weight excluding hydrogens is 500 g/mol. The molecule has 2 aromatic rings. The zero-order valence-electron chi connectivity index (χ0n) is 20.9. The average Bonchev–Trinajstić information content (AvgIpc) is 3.33. The number of urea groups is 1. The molecule has 6 rings (SSSR count). The number of rotatable bonds is 5. The highest BCUT2D eigenvalue weighted by Crippen LogP contribution is 2.47. The van der Waals surface area contributed by atoms with Gasteiger partial charge >= 0.3 is 6.03 Å². The van der Waals surface area contributed by atoms with Gasteiger partial charge in [0.15, 0.2) is 0 Å². The van der Waals surface area contributed by atoms with Gasteiger partial charge in [-0.25, -0.2) is 9.78 Å². The van der Waals surface area contributed by atoms with Crippen molar-refractivity contribution >= 4 is 35.4 Å². The van der Waals surface area contributed by atoms with Crippen LogP contribution in [0.4, 0.5) is 10.6 Å². The number of pyridine rings is 1. The lowest BCUT2D eigenvalue weighted by Gasteiger charge is -2.45. The van der Waals surface area contributed by atoms with E-state index in [-0.39, 0.29) is 41.2 Å². The van der Waals surface area contributed by atoms with Crippen LogP contribution in [0, 0.1) is 5.92 Å². The summed E-state index contributed by atoms with van der Waals surface area (Å²) >= 11 is 1.48. The second-order valence-corrected chi connectivity index (χ2v) is 11.1. The van der Waals surface area contributed by atoms with Gasteiger partial charge in [0.1, 0.15) is 5.82 Å². The Kier molecular flexibility index (Phi) is 6.67. The van der Waals surface area contributed by atoms with Gasteiger partial charge in [-0.05, 0) is 44.0 Å². The Bertz CT molecular complexity index is 1310. The number of nitrogens with one attached hydrogen (secondary N) is 3. The fraction of sp³-hybridized carbons (Fsp3) is 0.357. The first-order valence-electron chi connectivity index (χ1n) is 13.0. The first-order chi connectivity index (χ1) is 18.5. The molecule has 10 heteroatoms. The number of likely N-dealkylation sites (tertiary alicyclic amines) is 1. The van der Waals surface area contributed by atoms with E-state index in [0.29, 0.717) is 29.5 Å². The second kappa shape index (κ2) is 10.3. The van der Waals surface area contributed by atoms with Gasteiger partial charge in [-0.3, -0.25) is 14.5 Å². The quantitative estimate of drug-likeness (QED) is 0.514. The van der Waals surface area contributed by atoms with Crippen molar-refractivity contribution in [2.75, 3.05) is 24.5 Å². The zero-order valence-corrected chi connectivity index (χ0v) is 21.7. The Morgan fingerprint density at radius 1 is 1.13 bits per heavy atom. The number of benzene rings is 1. The van der Waals surface area contributed by atoms with E-state index >= 15 is 0 Å². The van der Waals surface area contributed by atoms with Gasteiger partial charge in [0.2, 0.25) is 5.91 Å². The third-order valence-corrected chi connectivity index (χ3v) is 9.00. The van der Waals surface area contributed by atoms with Crippen LogP contribution in [0.2, 0.25) is 0 Å². The predicted molar refractivity (Wildman–Crippen MR) is 147 cm³/mol. The van der Waals surface area contributed by atoms with Gasteiger partial charge in [-0.2, -0.15) is 0 Å². The molecule has 4 aliphatic heterocycles. The van der Waals surface area contributed by atoms with Crippen LogP contribution < -0.4 is 20.9 Å². The maximum atomic E-state index is 13.5. The normalized spacial score (nSPS) is 26.5. The molecule has 1 aromatic heterocycles. The Morgan fingerprint density at radius 2 is 1.97 bits per heavy atom. The molecule has 4 atom stereocenters. The molecule has 1 aromatic carbocycles. The summed E-state index contributed by atoms with van der Waals surface area (Å²) in [5, 5.41) is 9.67. The molecule has 3 unspecified atom stereocenters. The van der Waals surface area contributed by atoms with Crippen LogP contribution >= 0.6 is 11.8 Å². The van der Waals surface area contributed by atoms with Crippen LogP contribution in [-0.4, -0.2) is 64.8 Å². The van der Waals surface area contributed by atoms with Gasteiger partial charge < -0.3 is 20.9 Å². The summed E-state index contributed by atoms with van der Waals surface area (Å²) < 4.78 is 0. The topological polar surface area (TPSA) is 107 Å². The lowest BCUT2D eigenvalue weighted by atomic mass is 9.86. The van der Waals surface area contributed by atoms with Crippen molar-refractivity contribution < 1.29 is 14.4 Å². The van der Waals surface area contributed by atoms with E-state index in [0.717, 1.165) is 37.1 Å². The van der Waals surface area contributed by atoms with Gasteiger partial charge in [0.25, 0.3) is 5.91 Å². The van der Waals surface area contributed by atoms with Crippen molar-refractivity contribution in [1.29, 1.82) is 0 Å². The van der Waals surface area contributed by atoms with Crippen molar-refractivity contribution in [2.24, 2.45) is 5.92 Å². The SMILES string of the molecule is C=CC(=O)N1CCC[C@@H](NC(=O)C2=C3NC(=O)N(c4cccc(-c5ccccc5)n4)C4CCNC(S2)C34)C1. The van der Waals surface area contributed by atoms with Gasteiger partial charge in [0.05, 0.1) is 22.0 Å². The number of carbonyl (C=O) groups excluding carboxylic acids is 3. The molecule has 4 aliphatic rings. The number of anilines is 1. The van der Waals surface area contributed by atoms with Gasteiger partial charge in [0, 0.05) is 36.3 Å². The smallest absolute Gasteiger partial charge is 0.327 e. The van der Waals surface area contributed by atoms with Crippen LogP contribution in [0.1, 0.15) is 19.3 Å². The molecule has 0 spiro atoms. The van der Waals surface area contributed by atoms with Crippen molar-refractivity contribution in [3.8, 4) is 11.3 Å². The number of aromatic nitrogens is 1. The summed E-state index contributed by atoms with van der Waals surface area (Å²) in [6.07, 6.45) is 3.69. The second-order valence-electron chi connectivity index (χ2n) is 9.97. The van der Waals surface area contributed by atoms with E-state index in [1.807, 2.05) is 48.5 Å². The Morgan fingerprint density at radius 3 is 2.79 bits per heavy atom. The summed E-state index contributed by atoms with van der Waals surface area (Å²) in [7, 11) is 0. The van der Waals surface area contributed by atoms with Crippen LogP contribution in [0.25, 0.3) is 11.3 Å². The third-order valence-electron chi connectivity index (χ3n) is 7.64. The van der Waals surface area contributed by atoms with Gasteiger partial charge in [-0.15, -0.1) is 0 Å². The van der Waals surface area contributed by atoms with Crippen molar-refractivity contribution in [1.82, 2.24) is 25.8 Å². The zero-order chi connectivity index (χ0) is 26.2. The van der Waals surface area contributed by atoms with Crippen molar-refractivity contribution in [3.63, 3.8) is 0 Å². The molecule has 9 nitrogen and oxygen atoms in total. The van der Waals surface area contributed by atoms with E-state index in [2.05, 4.69) is 22.5 Å². The summed E-state index contributed by atoms with van der Waals surface area (Å²) in [5.74, 6) is 0.227. The molecule has 38 heavy (non-hydrogen) atoms.